The first kappa shape index (κ1) is 70.2. The normalized spacial score (nSPS) is 18.3. The highest BCUT2D eigenvalue weighted by Crippen LogP contribution is 2.22. The number of imidazole rings is 2. The molecule has 0 aliphatic carbocycles. The minimum absolute atomic E-state index is 0.00863. The van der Waals surface area contributed by atoms with Crippen molar-refractivity contribution in [3.8, 4) is 0 Å². The summed E-state index contributed by atoms with van der Waals surface area (Å²) in [5.41, 5.74) is 23.6. The van der Waals surface area contributed by atoms with Crippen LogP contribution in [-0.4, -0.2) is 220 Å². The molecule has 2 saturated heterocycles. The maximum Gasteiger partial charge on any atom is 0.326 e. The van der Waals surface area contributed by atoms with Crippen LogP contribution in [0.1, 0.15) is 116 Å². The molecule has 2 aliphatic rings. The van der Waals surface area contributed by atoms with E-state index in [-0.39, 0.29) is 102 Å². The molecule has 33 heteroatoms. The van der Waals surface area contributed by atoms with Gasteiger partial charge in [0.1, 0.15) is 60.4 Å². The number of nitrogens with one attached hydrogen (secondary N) is 9. The van der Waals surface area contributed by atoms with E-state index in [2.05, 4.69) is 62.1 Å². The van der Waals surface area contributed by atoms with Crippen LogP contribution < -0.4 is 60.2 Å². The number of carbonyl (C=O) groups is 11. The van der Waals surface area contributed by atoms with Gasteiger partial charge < -0.3 is 100 Å². The van der Waals surface area contributed by atoms with Gasteiger partial charge in [0.2, 0.25) is 53.2 Å². The zero-order valence-corrected chi connectivity index (χ0v) is 48.9. The molecule has 4 heterocycles. The minimum atomic E-state index is -1.69. The second-order valence-corrected chi connectivity index (χ2v) is 21.9. The summed E-state index contributed by atoms with van der Waals surface area (Å²) in [5.74, 6) is -10.9. The molecule has 21 N–H and O–H groups in total. The second kappa shape index (κ2) is 34.6. The Morgan fingerprint density at radius 1 is 0.616 bits per heavy atom. The number of aromatic nitrogens is 4. The molecule has 2 aromatic rings. The van der Waals surface area contributed by atoms with E-state index in [1.807, 2.05) is 0 Å². The van der Waals surface area contributed by atoms with E-state index in [0.29, 0.717) is 24.2 Å². The van der Waals surface area contributed by atoms with E-state index >= 15 is 0 Å². The van der Waals surface area contributed by atoms with E-state index in [4.69, 9.17) is 28.0 Å². The predicted molar refractivity (Wildman–Crippen MR) is 306 cm³/mol. The van der Waals surface area contributed by atoms with E-state index in [1.165, 1.54) is 43.8 Å². The van der Waals surface area contributed by atoms with Gasteiger partial charge in [-0.05, 0) is 96.9 Å². The van der Waals surface area contributed by atoms with E-state index in [1.54, 1.807) is 13.8 Å². The molecule has 0 saturated carbocycles. The summed E-state index contributed by atoms with van der Waals surface area (Å²) in [4.78, 5) is 170. The number of aliphatic carboxylic acids is 2. The van der Waals surface area contributed by atoms with Crippen molar-refractivity contribution in [3.63, 3.8) is 0 Å². The number of H-pyrrole nitrogens is 2. The molecular formula is C53H86N18O15. The number of carboxylic acids is 2. The SMILES string of the molecule is CC(C)C[C@H](NC(=O)[C@H](Cc1cnc[nH]1)NC(=O)[C@H](CCCN=C(N)N)NC(=O)[C@H](Cc1cnc[nH]1)NC(=O)[C@@H]1CCCN1C(=O)[C@@H](N)[C@@H](C)O)C(=O)N[C@@H](CCCCN)C(=O)N[C@H](C(=O)N1CCC[C@H]1C(=O)N[C@@H](CCC(=O)O)C(=O)O)[C@@H](C)O. The highest BCUT2D eigenvalue weighted by Gasteiger charge is 2.43. The Balaban J connectivity index is 1.59. The monoisotopic (exact) mass is 1210 g/mol. The van der Waals surface area contributed by atoms with Crippen LogP contribution in [0.2, 0.25) is 0 Å². The summed E-state index contributed by atoms with van der Waals surface area (Å²) < 4.78 is 0. The molecule has 0 aromatic carbocycles. The molecule has 0 radical (unpaired) electrons. The average molecular weight is 1220 g/mol. The quantitative estimate of drug-likeness (QED) is 0.0172. The van der Waals surface area contributed by atoms with Gasteiger partial charge in [-0.2, -0.15) is 0 Å². The smallest absolute Gasteiger partial charge is 0.326 e. The van der Waals surface area contributed by atoms with Gasteiger partial charge in [0, 0.05) is 62.7 Å². The Morgan fingerprint density at radius 3 is 1.55 bits per heavy atom. The highest BCUT2D eigenvalue weighted by atomic mass is 16.4. The number of aromatic amines is 2. The number of unbranched alkanes of at least 4 members (excludes halogenated alkanes) is 1. The number of guanidine groups is 1. The standard InChI is InChI=1S/C53H86N18O15/c1-27(2)20-35(45(78)63-32(10-5-6-16-54)44(77)69-42(29(4)73)51(84)71-19-9-13-39(71)48(81)65-34(52(85)86)14-15-40(74)75)66-47(80)36(21-30-23-58-25-61-30)67-43(76)33(11-7-17-60-53(56)57)64-46(79)37(22-31-24-59-26-62-31)68-49(82)38-12-8-18-70(38)50(83)41(55)28(3)72/h23-29,32-39,41-42,72-73H,5-22,54-55H2,1-4H3,(H,58,61)(H,59,62)(H,63,78)(H,64,79)(H,65,81)(H,66,80)(H,67,76)(H,68,82)(H,69,77)(H,74,75)(H,85,86)(H4,56,57,60)/t28-,29-,32+,33+,34+,35+,36+,37+,38+,39+,41+,42+/m1/s1. The van der Waals surface area contributed by atoms with Crippen LogP contribution in [-0.2, 0) is 65.6 Å². The number of rotatable bonds is 36. The maximum atomic E-state index is 14.6. The largest absolute Gasteiger partial charge is 0.481 e. The average Bonchev–Trinajstić information content (AvgIpc) is 3.20. The molecule has 2 aliphatic heterocycles. The molecule has 2 aromatic heterocycles. The van der Waals surface area contributed by atoms with Crippen molar-refractivity contribution in [1.82, 2.24) is 67.0 Å². The summed E-state index contributed by atoms with van der Waals surface area (Å²) in [6.07, 6.45) is 2.95. The number of carboxylic acid groups (broad SMARTS) is 2. The van der Waals surface area contributed by atoms with Crippen molar-refractivity contribution in [2.24, 2.45) is 33.8 Å². The molecule has 33 nitrogen and oxygen atoms in total. The number of nitrogens with zero attached hydrogens (tertiary/aromatic N) is 5. The fourth-order valence-corrected chi connectivity index (χ4v) is 9.86. The van der Waals surface area contributed by atoms with E-state index in [0.717, 1.165) is 4.90 Å². The van der Waals surface area contributed by atoms with Crippen LogP contribution in [0.15, 0.2) is 30.0 Å². The maximum absolute atomic E-state index is 14.6. The lowest BCUT2D eigenvalue weighted by Gasteiger charge is -2.32. The van der Waals surface area contributed by atoms with Crippen LogP contribution in [0.25, 0.3) is 0 Å². The topological polar surface area (TPSA) is 533 Å². The summed E-state index contributed by atoms with van der Waals surface area (Å²) in [6.45, 7) is 6.44. The van der Waals surface area contributed by atoms with Crippen molar-refractivity contribution in [2.75, 3.05) is 26.2 Å². The van der Waals surface area contributed by atoms with Crippen molar-refractivity contribution in [2.45, 2.75) is 190 Å². The number of aliphatic imine (C=N–C) groups is 1. The van der Waals surface area contributed by atoms with Crippen LogP contribution in [0.4, 0.5) is 0 Å². The second-order valence-electron chi connectivity index (χ2n) is 21.9. The van der Waals surface area contributed by atoms with Crippen LogP contribution in [0.5, 0.6) is 0 Å². The summed E-state index contributed by atoms with van der Waals surface area (Å²) >= 11 is 0. The first-order valence-electron chi connectivity index (χ1n) is 28.7. The van der Waals surface area contributed by atoms with Gasteiger partial charge in [-0.15, -0.1) is 0 Å². The number of aliphatic hydroxyl groups is 2. The Labute approximate surface area is 496 Å². The fourth-order valence-electron chi connectivity index (χ4n) is 9.86. The number of carbonyl (C=O) groups excluding carboxylic acids is 9. The molecule has 0 unspecified atom stereocenters. The lowest BCUT2D eigenvalue weighted by atomic mass is 10.0. The molecule has 9 amide bonds. The lowest BCUT2D eigenvalue weighted by Crippen LogP contribution is -2.62. The molecule has 12 atom stereocenters. The molecule has 2 fully saturated rings. The Hall–Kier alpha value is -8.30. The fraction of sp³-hybridized carbons (Fsp3) is 0.660. The van der Waals surface area contributed by atoms with Gasteiger partial charge in [0.05, 0.1) is 24.9 Å². The number of amides is 9. The summed E-state index contributed by atoms with van der Waals surface area (Å²) in [6, 6.07) is -14.0. The molecule has 0 bridgehead atoms. The van der Waals surface area contributed by atoms with Gasteiger partial charge in [-0.1, -0.05) is 13.8 Å². The Bertz CT molecular complexity index is 2630. The molecule has 0 spiro atoms. The van der Waals surface area contributed by atoms with Crippen LogP contribution in [0, 0.1) is 5.92 Å². The highest BCUT2D eigenvalue weighted by molar-refractivity contribution is 5.99. The zero-order valence-electron chi connectivity index (χ0n) is 48.9. The molecule has 4 rings (SSSR count). The van der Waals surface area contributed by atoms with E-state index in [9.17, 15) is 68.1 Å². The number of nitrogens with two attached hydrogens (primary N) is 4. The first-order chi connectivity index (χ1) is 40.7. The predicted octanol–water partition coefficient (Wildman–Crippen LogP) is -5.44. The third-order valence-corrected chi connectivity index (χ3v) is 14.5. The number of hydrogen-bond donors (Lipinski definition) is 17. The van der Waals surface area contributed by atoms with E-state index < -0.39 is 151 Å². The number of likely N-dealkylation sites (tertiary alicyclic amines) is 2. The molecule has 86 heavy (non-hydrogen) atoms. The summed E-state index contributed by atoms with van der Waals surface area (Å²) in [5, 5.41) is 57.9. The molecule has 478 valence electrons. The number of hydrogen-bond acceptors (Lipinski definition) is 18. The van der Waals surface area contributed by atoms with Gasteiger partial charge in [-0.25, -0.2) is 14.8 Å². The third-order valence-electron chi connectivity index (χ3n) is 14.5. The Morgan fingerprint density at radius 2 is 1.08 bits per heavy atom. The lowest BCUT2D eigenvalue weighted by molar-refractivity contribution is -0.146. The number of aliphatic hydroxyl groups excluding tert-OH is 2. The van der Waals surface area contributed by atoms with Gasteiger partial charge in [0.25, 0.3) is 0 Å². The van der Waals surface area contributed by atoms with Gasteiger partial charge in [-0.3, -0.25) is 52.9 Å². The van der Waals surface area contributed by atoms with Gasteiger partial charge in [0.15, 0.2) is 5.96 Å². The summed E-state index contributed by atoms with van der Waals surface area (Å²) in [7, 11) is 0. The van der Waals surface area contributed by atoms with Crippen molar-refractivity contribution in [3.05, 3.63) is 36.4 Å². The van der Waals surface area contributed by atoms with Crippen molar-refractivity contribution >= 4 is 71.1 Å². The first-order valence-corrected chi connectivity index (χ1v) is 28.7. The zero-order chi connectivity index (χ0) is 63.8. The van der Waals surface area contributed by atoms with Crippen LogP contribution in [0.3, 0.4) is 0 Å². The van der Waals surface area contributed by atoms with Crippen molar-refractivity contribution in [1.29, 1.82) is 0 Å². The van der Waals surface area contributed by atoms with Crippen molar-refractivity contribution < 1.29 is 73.2 Å². The third kappa shape index (κ3) is 22.0. The Kier molecular flexibility index (Phi) is 28.2. The minimum Gasteiger partial charge on any atom is -0.481 e. The molecular weight excluding hydrogens is 1130 g/mol. The van der Waals surface area contributed by atoms with Gasteiger partial charge >= 0.3 is 11.9 Å². The van der Waals surface area contributed by atoms with Crippen LogP contribution >= 0.6 is 0 Å².